The van der Waals surface area contributed by atoms with Gasteiger partial charge < -0.3 is 10.2 Å². The zero-order valence-electron chi connectivity index (χ0n) is 9.66. The van der Waals surface area contributed by atoms with Crippen LogP contribution < -0.4 is 16.6 Å². The molecule has 6 heteroatoms. The molecular formula is C10H20N4O2. The summed E-state index contributed by atoms with van der Waals surface area (Å²) >= 11 is 0. The summed E-state index contributed by atoms with van der Waals surface area (Å²) in [7, 11) is 1.67. The third kappa shape index (κ3) is 3.79. The number of carbonyl (C=O) groups is 2. The molecule has 0 bridgehead atoms. The van der Waals surface area contributed by atoms with Gasteiger partial charge in [0.15, 0.2) is 0 Å². The van der Waals surface area contributed by atoms with Crippen molar-refractivity contribution in [3.8, 4) is 0 Å². The van der Waals surface area contributed by atoms with Crippen molar-refractivity contribution in [2.45, 2.75) is 19.3 Å². The molecular weight excluding hydrogens is 208 g/mol. The van der Waals surface area contributed by atoms with Crippen LogP contribution in [0.2, 0.25) is 0 Å². The Bertz CT molecular complexity index is 249. The molecule has 2 amide bonds. The molecule has 0 aliphatic carbocycles. The summed E-state index contributed by atoms with van der Waals surface area (Å²) in [6, 6.07) is 0. The minimum Gasteiger partial charge on any atom is -0.359 e. The number of likely N-dealkylation sites (tertiary alicyclic amines) is 1. The van der Waals surface area contributed by atoms with Crippen LogP contribution in [0.15, 0.2) is 0 Å². The third-order valence-corrected chi connectivity index (χ3v) is 3.02. The molecule has 1 heterocycles. The second-order valence-electron chi connectivity index (χ2n) is 4.05. The Morgan fingerprint density at radius 2 is 2.00 bits per heavy atom. The summed E-state index contributed by atoms with van der Waals surface area (Å²) in [6.07, 6.45) is 2.15. The van der Waals surface area contributed by atoms with Gasteiger partial charge in [-0.2, -0.15) is 0 Å². The first-order valence-corrected chi connectivity index (χ1v) is 5.60. The lowest BCUT2D eigenvalue weighted by Gasteiger charge is -2.30. The van der Waals surface area contributed by atoms with Crippen molar-refractivity contribution in [1.29, 1.82) is 0 Å². The van der Waals surface area contributed by atoms with E-state index in [0.717, 1.165) is 25.9 Å². The molecule has 16 heavy (non-hydrogen) atoms. The number of hydrazine groups is 1. The van der Waals surface area contributed by atoms with Crippen molar-refractivity contribution < 1.29 is 9.59 Å². The largest absolute Gasteiger partial charge is 0.359 e. The second kappa shape index (κ2) is 6.44. The Balaban J connectivity index is 2.22. The van der Waals surface area contributed by atoms with Crippen LogP contribution in [0.25, 0.3) is 0 Å². The van der Waals surface area contributed by atoms with Gasteiger partial charge in [-0.3, -0.25) is 15.0 Å². The van der Waals surface area contributed by atoms with Crippen LogP contribution >= 0.6 is 0 Å². The average molecular weight is 228 g/mol. The van der Waals surface area contributed by atoms with E-state index in [4.69, 9.17) is 5.84 Å². The van der Waals surface area contributed by atoms with Crippen LogP contribution in [0.4, 0.5) is 0 Å². The first kappa shape index (κ1) is 12.9. The number of nitrogens with two attached hydrogens (primary N) is 1. The highest BCUT2D eigenvalue weighted by Crippen LogP contribution is 2.17. The van der Waals surface area contributed by atoms with Gasteiger partial charge in [0.25, 0.3) is 0 Å². The zero-order chi connectivity index (χ0) is 12.0. The summed E-state index contributed by atoms with van der Waals surface area (Å²) in [6.45, 7) is 2.45. The highest BCUT2D eigenvalue weighted by Gasteiger charge is 2.23. The predicted molar refractivity (Wildman–Crippen MR) is 60.2 cm³/mol. The van der Waals surface area contributed by atoms with Crippen LogP contribution in [0.5, 0.6) is 0 Å². The molecule has 1 aliphatic rings. The van der Waals surface area contributed by atoms with Crippen molar-refractivity contribution >= 4 is 11.8 Å². The molecule has 0 atom stereocenters. The molecule has 0 unspecified atom stereocenters. The van der Waals surface area contributed by atoms with Gasteiger partial charge in [0.2, 0.25) is 11.8 Å². The minimum atomic E-state index is -0.145. The molecule has 0 saturated carbocycles. The summed E-state index contributed by atoms with van der Waals surface area (Å²) < 4.78 is 0. The number of nitrogens with zero attached hydrogens (tertiary/aromatic N) is 1. The molecule has 6 nitrogen and oxygen atoms in total. The fourth-order valence-corrected chi connectivity index (χ4v) is 1.95. The number of nitrogens with one attached hydrogen (secondary N) is 2. The molecule has 1 saturated heterocycles. The van der Waals surface area contributed by atoms with E-state index < -0.39 is 0 Å². The van der Waals surface area contributed by atoms with Gasteiger partial charge >= 0.3 is 0 Å². The molecule has 1 aliphatic heterocycles. The van der Waals surface area contributed by atoms with E-state index in [1.807, 2.05) is 0 Å². The number of rotatable bonds is 4. The number of carbonyl (C=O) groups excluding carboxylic acids is 2. The number of piperidine rings is 1. The fourth-order valence-electron chi connectivity index (χ4n) is 1.95. The SMILES string of the molecule is CNC(=O)C1CCN(CCC(=O)NN)CC1. The lowest BCUT2D eigenvalue weighted by atomic mass is 9.96. The fraction of sp³-hybridized carbons (Fsp3) is 0.800. The minimum absolute atomic E-state index is 0.124. The summed E-state index contributed by atoms with van der Waals surface area (Å²) in [5.74, 6) is 5.11. The molecule has 4 N–H and O–H groups in total. The van der Waals surface area contributed by atoms with E-state index >= 15 is 0 Å². The van der Waals surface area contributed by atoms with Crippen LogP contribution in [-0.4, -0.2) is 43.4 Å². The molecule has 92 valence electrons. The third-order valence-electron chi connectivity index (χ3n) is 3.02. The number of hydrogen-bond acceptors (Lipinski definition) is 4. The van der Waals surface area contributed by atoms with Gasteiger partial charge in [-0.05, 0) is 25.9 Å². The molecule has 0 spiro atoms. The molecule has 1 rings (SSSR count). The predicted octanol–water partition coefficient (Wildman–Crippen LogP) is -1.18. The van der Waals surface area contributed by atoms with Crippen molar-refractivity contribution in [1.82, 2.24) is 15.6 Å². The van der Waals surface area contributed by atoms with E-state index in [9.17, 15) is 9.59 Å². The second-order valence-corrected chi connectivity index (χ2v) is 4.05. The van der Waals surface area contributed by atoms with Gasteiger partial charge in [0, 0.05) is 25.9 Å². The summed E-state index contributed by atoms with van der Waals surface area (Å²) in [5.41, 5.74) is 2.11. The Morgan fingerprint density at radius 1 is 1.38 bits per heavy atom. The maximum Gasteiger partial charge on any atom is 0.235 e. The highest BCUT2D eigenvalue weighted by atomic mass is 16.2. The first-order valence-electron chi connectivity index (χ1n) is 5.60. The van der Waals surface area contributed by atoms with Crippen molar-refractivity contribution in [2.75, 3.05) is 26.7 Å². The molecule has 1 fully saturated rings. The van der Waals surface area contributed by atoms with Gasteiger partial charge in [-0.15, -0.1) is 0 Å². The van der Waals surface area contributed by atoms with Crippen molar-refractivity contribution in [2.24, 2.45) is 11.8 Å². The normalized spacial score (nSPS) is 18.1. The van der Waals surface area contributed by atoms with Crippen molar-refractivity contribution in [3.05, 3.63) is 0 Å². The molecule has 0 aromatic carbocycles. The lowest BCUT2D eigenvalue weighted by Crippen LogP contribution is -2.41. The smallest absolute Gasteiger partial charge is 0.235 e. The highest BCUT2D eigenvalue weighted by molar-refractivity contribution is 5.78. The molecule has 0 aromatic heterocycles. The Hall–Kier alpha value is -1.14. The quantitative estimate of drug-likeness (QED) is 0.321. The Kier molecular flexibility index (Phi) is 5.21. The van der Waals surface area contributed by atoms with Crippen LogP contribution in [0.1, 0.15) is 19.3 Å². The maximum atomic E-state index is 11.4. The van der Waals surface area contributed by atoms with Crippen LogP contribution in [-0.2, 0) is 9.59 Å². The van der Waals surface area contributed by atoms with Gasteiger partial charge in [0.05, 0.1) is 0 Å². The summed E-state index contributed by atoms with van der Waals surface area (Å²) in [5, 5.41) is 2.67. The lowest BCUT2D eigenvalue weighted by molar-refractivity contribution is -0.126. The van der Waals surface area contributed by atoms with Gasteiger partial charge in [-0.25, -0.2) is 5.84 Å². The van der Waals surface area contributed by atoms with E-state index in [1.165, 1.54) is 0 Å². The Morgan fingerprint density at radius 3 is 2.50 bits per heavy atom. The molecule has 0 aromatic rings. The van der Waals surface area contributed by atoms with E-state index in [0.29, 0.717) is 13.0 Å². The summed E-state index contributed by atoms with van der Waals surface area (Å²) in [4.78, 5) is 24.5. The van der Waals surface area contributed by atoms with E-state index in [2.05, 4.69) is 15.6 Å². The number of amides is 2. The Labute approximate surface area is 95.5 Å². The maximum absolute atomic E-state index is 11.4. The van der Waals surface area contributed by atoms with Gasteiger partial charge in [0.1, 0.15) is 0 Å². The van der Waals surface area contributed by atoms with Crippen molar-refractivity contribution in [3.63, 3.8) is 0 Å². The average Bonchev–Trinajstić information content (AvgIpc) is 2.35. The van der Waals surface area contributed by atoms with E-state index in [1.54, 1.807) is 7.05 Å². The van der Waals surface area contributed by atoms with Gasteiger partial charge in [-0.1, -0.05) is 0 Å². The molecule has 0 radical (unpaired) electrons. The number of hydrogen-bond donors (Lipinski definition) is 3. The first-order chi connectivity index (χ1) is 7.67. The van der Waals surface area contributed by atoms with E-state index in [-0.39, 0.29) is 17.7 Å². The van der Waals surface area contributed by atoms with Crippen LogP contribution in [0.3, 0.4) is 0 Å². The van der Waals surface area contributed by atoms with Crippen LogP contribution in [0, 0.1) is 5.92 Å². The zero-order valence-corrected chi connectivity index (χ0v) is 9.66. The topological polar surface area (TPSA) is 87.5 Å². The monoisotopic (exact) mass is 228 g/mol. The standard InChI is InChI=1S/C10H20N4O2/c1-12-10(16)8-2-5-14(6-3-8)7-4-9(15)13-11/h8H,2-7,11H2,1H3,(H,12,16)(H,13,15).